The molecule has 0 bridgehead atoms. The fourth-order valence-corrected chi connectivity index (χ4v) is 6.07. The summed E-state index contributed by atoms with van der Waals surface area (Å²) in [6.07, 6.45) is 3.36. The lowest BCUT2D eigenvalue weighted by Gasteiger charge is -2.25. The molecule has 0 spiro atoms. The summed E-state index contributed by atoms with van der Waals surface area (Å²) < 4.78 is 31.2. The van der Waals surface area contributed by atoms with Crippen LogP contribution in [0.5, 0.6) is 0 Å². The first-order valence-corrected chi connectivity index (χ1v) is 13.4. The Hall–Kier alpha value is -3.17. The fraction of sp³-hybridized carbons (Fsp3) is 0.320. The van der Waals surface area contributed by atoms with E-state index in [1.807, 2.05) is 39.0 Å². The molecule has 0 aliphatic carbocycles. The molecule has 5 rings (SSSR count). The highest BCUT2D eigenvalue weighted by molar-refractivity contribution is 7.92. The first kappa shape index (κ1) is 23.6. The van der Waals surface area contributed by atoms with E-state index < -0.39 is 9.84 Å². The molecule has 4 heterocycles. The van der Waals surface area contributed by atoms with Crippen molar-refractivity contribution in [1.82, 2.24) is 14.8 Å². The van der Waals surface area contributed by atoms with Crippen molar-refractivity contribution in [2.24, 2.45) is 0 Å². The number of benzene rings is 1. The molecule has 1 fully saturated rings. The highest BCUT2D eigenvalue weighted by atomic mass is 35.5. The van der Waals surface area contributed by atoms with Gasteiger partial charge in [0.05, 0.1) is 52.1 Å². The standard InChI is InChI=1S/C25H25ClN4O4S/c1-13-7-19(15(3)28-21-5-6-22(26)29-16(21)4)25-20(8-13)23(31)14(2)24(34-25)17-9-27-30(10-17)18-11-35(32,33)12-18/h5-10,15,18,28H,11-12H2,1-4H3. The lowest BCUT2D eigenvalue weighted by molar-refractivity contribution is 0.473. The van der Waals surface area contributed by atoms with Gasteiger partial charge in [0.1, 0.15) is 16.5 Å². The summed E-state index contributed by atoms with van der Waals surface area (Å²) in [6, 6.07) is 7.06. The Balaban J connectivity index is 1.58. The molecule has 1 aliphatic rings. The number of hydrogen-bond donors (Lipinski definition) is 1. The quantitative estimate of drug-likeness (QED) is 0.384. The molecule has 182 valence electrons. The van der Waals surface area contributed by atoms with Crippen LogP contribution in [0.25, 0.3) is 22.3 Å². The maximum Gasteiger partial charge on any atom is 0.196 e. The molecule has 35 heavy (non-hydrogen) atoms. The predicted molar refractivity (Wildman–Crippen MR) is 137 cm³/mol. The van der Waals surface area contributed by atoms with E-state index >= 15 is 0 Å². The van der Waals surface area contributed by atoms with Crippen molar-refractivity contribution < 1.29 is 12.8 Å². The molecule has 0 radical (unpaired) electrons. The van der Waals surface area contributed by atoms with Crippen LogP contribution in [0.4, 0.5) is 5.69 Å². The number of fused-ring (bicyclic) bond motifs is 1. The molecular weight excluding hydrogens is 488 g/mol. The smallest absolute Gasteiger partial charge is 0.196 e. The van der Waals surface area contributed by atoms with Crippen LogP contribution in [-0.2, 0) is 9.84 Å². The number of nitrogens with zero attached hydrogens (tertiary/aromatic N) is 3. The van der Waals surface area contributed by atoms with Gasteiger partial charge in [-0.25, -0.2) is 13.4 Å². The van der Waals surface area contributed by atoms with Gasteiger partial charge in [0, 0.05) is 17.3 Å². The fourth-order valence-electron chi connectivity index (χ4n) is 4.50. The van der Waals surface area contributed by atoms with Crippen LogP contribution in [0.1, 0.15) is 41.4 Å². The van der Waals surface area contributed by atoms with Crippen molar-refractivity contribution >= 4 is 38.1 Å². The summed E-state index contributed by atoms with van der Waals surface area (Å²) in [4.78, 5) is 17.7. The van der Waals surface area contributed by atoms with Crippen LogP contribution in [0.3, 0.4) is 0 Å². The molecule has 1 saturated heterocycles. The minimum atomic E-state index is -2.98. The van der Waals surface area contributed by atoms with Gasteiger partial charge in [0.15, 0.2) is 15.3 Å². The van der Waals surface area contributed by atoms with Crippen molar-refractivity contribution in [3.05, 3.63) is 74.4 Å². The average molecular weight is 513 g/mol. The number of sulfone groups is 1. The number of anilines is 1. The van der Waals surface area contributed by atoms with E-state index in [1.165, 1.54) is 0 Å². The maximum absolute atomic E-state index is 13.4. The average Bonchev–Trinajstić information content (AvgIpc) is 3.26. The normalized spacial score (nSPS) is 16.3. The molecule has 1 aromatic carbocycles. The Bertz CT molecular complexity index is 1630. The molecule has 0 amide bonds. The van der Waals surface area contributed by atoms with E-state index in [1.54, 1.807) is 30.1 Å². The van der Waals surface area contributed by atoms with E-state index in [4.69, 9.17) is 16.0 Å². The van der Waals surface area contributed by atoms with Crippen LogP contribution >= 0.6 is 11.6 Å². The van der Waals surface area contributed by atoms with Crippen LogP contribution in [0, 0.1) is 20.8 Å². The molecular formula is C25H25ClN4O4S. The molecule has 1 N–H and O–H groups in total. The number of aromatic nitrogens is 3. The van der Waals surface area contributed by atoms with Crippen molar-refractivity contribution in [1.29, 1.82) is 0 Å². The topological polar surface area (TPSA) is 107 Å². The molecule has 4 aromatic rings. The van der Waals surface area contributed by atoms with Crippen molar-refractivity contribution in [2.75, 3.05) is 16.8 Å². The summed E-state index contributed by atoms with van der Waals surface area (Å²) in [7, 11) is -2.98. The second kappa shape index (κ2) is 8.49. The first-order chi connectivity index (χ1) is 16.5. The molecule has 8 nitrogen and oxygen atoms in total. The lowest BCUT2D eigenvalue weighted by Crippen LogP contribution is -2.38. The minimum absolute atomic E-state index is 0.0698. The van der Waals surface area contributed by atoms with E-state index in [0.717, 1.165) is 22.5 Å². The summed E-state index contributed by atoms with van der Waals surface area (Å²) in [5.41, 5.74) is 4.90. The summed E-state index contributed by atoms with van der Waals surface area (Å²) >= 11 is 6.00. The van der Waals surface area contributed by atoms with Crippen molar-refractivity contribution in [3.8, 4) is 11.3 Å². The van der Waals surface area contributed by atoms with Gasteiger partial charge in [0.2, 0.25) is 0 Å². The van der Waals surface area contributed by atoms with Gasteiger partial charge >= 0.3 is 0 Å². The van der Waals surface area contributed by atoms with Crippen molar-refractivity contribution in [3.63, 3.8) is 0 Å². The van der Waals surface area contributed by atoms with Crippen LogP contribution < -0.4 is 10.7 Å². The van der Waals surface area contributed by atoms with E-state index in [-0.39, 0.29) is 29.0 Å². The van der Waals surface area contributed by atoms with Gasteiger partial charge in [-0.1, -0.05) is 17.7 Å². The second-order valence-corrected chi connectivity index (χ2v) is 11.7. The molecule has 0 saturated carbocycles. The Labute approximate surface area is 207 Å². The van der Waals surface area contributed by atoms with E-state index in [2.05, 4.69) is 15.4 Å². The number of halogens is 1. The maximum atomic E-state index is 13.4. The zero-order valence-corrected chi connectivity index (χ0v) is 21.4. The second-order valence-electron chi connectivity index (χ2n) is 9.19. The van der Waals surface area contributed by atoms with E-state index in [0.29, 0.717) is 33.0 Å². The molecule has 3 aromatic heterocycles. The summed E-state index contributed by atoms with van der Waals surface area (Å²) in [5.74, 6) is 0.568. The van der Waals surface area contributed by atoms with Crippen LogP contribution in [0.2, 0.25) is 5.15 Å². The molecule has 1 unspecified atom stereocenters. The Morgan fingerprint density at radius 2 is 1.94 bits per heavy atom. The molecule has 1 atom stereocenters. The zero-order chi connectivity index (χ0) is 25.1. The van der Waals surface area contributed by atoms with Gasteiger partial charge in [-0.3, -0.25) is 9.48 Å². The van der Waals surface area contributed by atoms with Crippen molar-refractivity contribution in [2.45, 2.75) is 39.8 Å². The zero-order valence-electron chi connectivity index (χ0n) is 19.8. The van der Waals surface area contributed by atoms with E-state index in [9.17, 15) is 13.2 Å². The molecule has 10 heteroatoms. The van der Waals surface area contributed by atoms with Gasteiger partial charge in [0.25, 0.3) is 0 Å². The Kier molecular flexibility index (Phi) is 5.72. The van der Waals surface area contributed by atoms with Gasteiger partial charge in [-0.05, 0) is 51.5 Å². The lowest BCUT2D eigenvalue weighted by atomic mass is 9.99. The first-order valence-electron chi connectivity index (χ1n) is 11.2. The van der Waals surface area contributed by atoms with Gasteiger partial charge in [-0.15, -0.1) is 0 Å². The third-order valence-electron chi connectivity index (χ3n) is 6.41. The SMILES string of the molecule is Cc1cc(C(C)Nc2ccc(Cl)nc2C)c2oc(-c3cnn(C4CS(=O)(=O)C4)c3)c(C)c(=O)c2c1. The van der Waals surface area contributed by atoms with Gasteiger partial charge < -0.3 is 9.73 Å². The Morgan fingerprint density at radius 1 is 1.20 bits per heavy atom. The number of aryl methyl sites for hydroxylation is 2. The summed E-state index contributed by atoms with van der Waals surface area (Å²) in [5, 5.41) is 8.72. The third-order valence-corrected chi connectivity index (χ3v) is 8.41. The monoisotopic (exact) mass is 512 g/mol. The number of rotatable bonds is 5. The highest BCUT2D eigenvalue weighted by Crippen LogP contribution is 2.33. The Morgan fingerprint density at radius 3 is 2.63 bits per heavy atom. The third kappa shape index (κ3) is 4.34. The largest absolute Gasteiger partial charge is 0.455 e. The molecule has 1 aliphatic heterocycles. The minimum Gasteiger partial charge on any atom is -0.455 e. The summed E-state index contributed by atoms with van der Waals surface area (Å²) in [6.45, 7) is 7.56. The van der Waals surface area contributed by atoms with Gasteiger partial charge in [-0.2, -0.15) is 5.10 Å². The number of hydrogen-bond acceptors (Lipinski definition) is 7. The number of nitrogens with one attached hydrogen (secondary N) is 1. The van der Waals surface area contributed by atoms with Crippen LogP contribution in [-0.4, -0.2) is 34.7 Å². The van der Waals surface area contributed by atoms with Crippen LogP contribution in [0.15, 0.2) is 45.9 Å². The highest BCUT2D eigenvalue weighted by Gasteiger charge is 2.35. The predicted octanol–water partition coefficient (Wildman–Crippen LogP) is 4.77. The number of pyridine rings is 1.